The Balaban J connectivity index is 1.53. The largest absolute Gasteiger partial charge is 0.478 e. The van der Waals surface area contributed by atoms with Gasteiger partial charge in [-0.05, 0) is 81.1 Å². The Morgan fingerprint density at radius 2 is 1.53 bits per heavy atom. The van der Waals surface area contributed by atoms with Crippen molar-refractivity contribution >= 4 is 23.8 Å². The van der Waals surface area contributed by atoms with E-state index in [0.717, 1.165) is 57.8 Å². The fourth-order valence-corrected chi connectivity index (χ4v) is 8.77. The fourth-order valence-electron chi connectivity index (χ4n) is 8.77. The number of rotatable bonds is 19. The van der Waals surface area contributed by atoms with Crippen molar-refractivity contribution in [1.82, 2.24) is 31.5 Å². The van der Waals surface area contributed by atoms with Gasteiger partial charge in [-0.3, -0.25) is 14.4 Å². The maximum absolute atomic E-state index is 14.7. The molecule has 51 heavy (non-hydrogen) atoms. The molecule has 0 radical (unpaired) electrons. The van der Waals surface area contributed by atoms with Crippen LogP contribution in [-0.2, 0) is 19.1 Å². The lowest BCUT2D eigenvalue weighted by atomic mass is 9.83. The first kappa shape index (κ1) is 40.0. The van der Waals surface area contributed by atoms with Crippen molar-refractivity contribution < 1.29 is 23.9 Å². The molecule has 0 spiro atoms. The molecule has 284 valence electrons. The van der Waals surface area contributed by atoms with E-state index in [1.807, 2.05) is 6.92 Å². The molecule has 0 aromatic carbocycles. The second-order valence-corrected chi connectivity index (χ2v) is 15.6. The van der Waals surface area contributed by atoms with Gasteiger partial charge in [0.05, 0.1) is 12.1 Å². The van der Waals surface area contributed by atoms with Crippen LogP contribution in [0.2, 0.25) is 0 Å². The van der Waals surface area contributed by atoms with Crippen LogP contribution < -0.4 is 26.6 Å². The maximum atomic E-state index is 14.7. The number of piperidine rings is 1. The molecule has 0 bridgehead atoms. The number of fused-ring (bicyclic) bond motifs is 1. The molecule has 6 atom stereocenters. The van der Waals surface area contributed by atoms with E-state index < -0.39 is 18.1 Å². The van der Waals surface area contributed by atoms with Gasteiger partial charge in [0.2, 0.25) is 17.7 Å². The van der Waals surface area contributed by atoms with E-state index >= 15 is 0 Å². The van der Waals surface area contributed by atoms with Gasteiger partial charge in [0.1, 0.15) is 18.7 Å². The molecule has 5 amide bonds. The molecule has 1 unspecified atom stereocenters. The molecule has 1 aliphatic heterocycles. The number of amides is 5. The predicted molar refractivity (Wildman–Crippen MR) is 201 cm³/mol. The van der Waals surface area contributed by atoms with Crippen molar-refractivity contribution in [2.24, 2.45) is 29.1 Å². The number of hydrogen-bond donors (Lipinski definition) is 5. The molecule has 4 aliphatic rings. The SMILES string of the molecule is C=CCCC(NC(=O)[C@@H]1[C@@H]2[C@H](CN1C(=O)[C@@H](NC(=O)N[C@H](COC(=C)NCC)C1CCCCC1)C1CCCCC1)C2(C)C)C(=C)C(=O)NCC=C. The van der Waals surface area contributed by atoms with Crippen molar-refractivity contribution in [2.45, 2.75) is 122 Å². The number of carbonyl (C=O) groups excluding carboxylic acids is 4. The number of carbonyl (C=O) groups is 4. The van der Waals surface area contributed by atoms with Gasteiger partial charge >= 0.3 is 6.03 Å². The summed E-state index contributed by atoms with van der Waals surface area (Å²) < 4.78 is 5.92. The lowest BCUT2D eigenvalue weighted by molar-refractivity contribution is -0.143. The molecule has 3 saturated carbocycles. The standard InChI is InChI=1S/C40H64N6O5/c1-8-11-22-31(26(4)36(47)42-23-9-2)43-37(48)35-33-30(40(33,6)7)24-46(35)38(49)34(29-20-16-13-17-21-29)45-39(50)44-32(25-51-27(5)41-10-3)28-18-14-12-15-19-28/h8-9,28-35,41H,1-2,4-5,10-25H2,3,6-7H3,(H,42,47)(H,43,48)(H2,44,45,50)/t30-,31?,32+,33-,34-,35-/m0/s1. The first-order valence-electron chi connectivity index (χ1n) is 19.4. The monoisotopic (exact) mass is 708 g/mol. The summed E-state index contributed by atoms with van der Waals surface area (Å²) in [5.74, 6) is -0.00766. The van der Waals surface area contributed by atoms with Gasteiger partial charge in [0, 0.05) is 25.2 Å². The maximum Gasteiger partial charge on any atom is 0.315 e. The van der Waals surface area contributed by atoms with Crippen LogP contribution in [-0.4, -0.2) is 79.1 Å². The van der Waals surface area contributed by atoms with Crippen molar-refractivity contribution in [3.05, 3.63) is 49.9 Å². The zero-order chi connectivity index (χ0) is 37.1. The highest BCUT2D eigenvalue weighted by Gasteiger charge is 2.69. The number of allylic oxidation sites excluding steroid dienone is 1. The second kappa shape index (κ2) is 18.6. The molecule has 1 heterocycles. The summed E-state index contributed by atoms with van der Waals surface area (Å²) >= 11 is 0. The zero-order valence-electron chi connectivity index (χ0n) is 31.4. The summed E-state index contributed by atoms with van der Waals surface area (Å²) in [6.07, 6.45) is 14.5. The molecule has 4 rings (SSSR count). The fraction of sp³-hybridized carbons (Fsp3) is 0.700. The second-order valence-electron chi connectivity index (χ2n) is 15.6. The van der Waals surface area contributed by atoms with E-state index in [2.05, 4.69) is 66.7 Å². The third-order valence-electron chi connectivity index (χ3n) is 11.9. The van der Waals surface area contributed by atoms with Crippen LogP contribution >= 0.6 is 0 Å². The number of nitrogens with zero attached hydrogens (tertiary/aromatic N) is 1. The Hall–Kier alpha value is -3.76. The molecule has 4 fully saturated rings. The summed E-state index contributed by atoms with van der Waals surface area (Å²) in [6, 6.07) is -2.72. The van der Waals surface area contributed by atoms with Crippen LogP contribution in [0.1, 0.15) is 97.8 Å². The minimum Gasteiger partial charge on any atom is -0.478 e. The van der Waals surface area contributed by atoms with Gasteiger partial charge in [-0.15, -0.1) is 13.2 Å². The van der Waals surface area contributed by atoms with Gasteiger partial charge in [-0.25, -0.2) is 4.79 Å². The normalized spacial score (nSPS) is 24.5. The first-order valence-corrected chi connectivity index (χ1v) is 19.4. The average molecular weight is 709 g/mol. The Labute approximate surface area is 305 Å². The predicted octanol–water partition coefficient (Wildman–Crippen LogP) is 5.07. The topological polar surface area (TPSA) is 141 Å². The summed E-state index contributed by atoms with van der Waals surface area (Å²) in [5.41, 5.74) is 0.140. The van der Waals surface area contributed by atoms with Crippen LogP contribution in [0.3, 0.4) is 0 Å². The quantitative estimate of drug-likeness (QED) is 0.0721. The average Bonchev–Trinajstić information content (AvgIpc) is 3.43. The molecule has 5 N–H and O–H groups in total. The molecular formula is C40H64N6O5. The van der Waals surface area contributed by atoms with E-state index in [4.69, 9.17) is 4.74 Å². The van der Waals surface area contributed by atoms with Crippen LogP contribution in [0.5, 0.6) is 0 Å². The third kappa shape index (κ3) is 10.2. The molecule has 1 saturated heterocycles. The van der Waals surface area contributed by atoms with Gasteiger partial charge in [0.25, 0.3) is 0 Å². The van der Waals surface area contributed by atoms with Gasteiger partial charge in [-0.2, -0.15) is 0 Å². The highest BCUT2D eigenvalue weighted by Crippen LogP contribution is 2.65. The smallest absolute Gasteiger partial charge is 0.315 e. The molecule has 11 nitrogen and oxygen atoms in total. The summed E-state index contributed by atoms with van der Waals surface area (Å²) in [4.78, 5) is 57.4. The molecule has 11 heteroatoms. The molecule has 3 aliphatic carbocycles. The number of urea groups is 1. The van der Waals surface area contributed by atoms with E-state index in [9.17, 15) is 19.2 Å². The Morgan fingerprint density at radius 1 is 0.882 bits per heavy atom. The lowest BCUT2D eigenvalue weighted by Gasteiger charge is -2.38. The lowest BCUT2D eigenvalue weighted by Crippen LogP contribution is -2.60. The summed E-state index contributed by atoms with van der Waals surface area (Å²) in [7, 11) is 0. The first-order chi connectivity index (χ1) is 24.4. The Kier molecular flexibility index (Phi) is 14.6. The summed E-state index contributed by atoms with van der Waals surface area (Å²) in [6.45, 7) is 23.4. The molecule has 0 aromatic heterocycles. The third-order valence-corrected chi connectivity index (χ3v) is 11.9. The number of ether oxygens (including phenoxy) is 1. The van der Waals surface area contributed by atoms with Gasteiger partial charge in [0.15, 0.2) is 5.88 Å². The zero-order valence-corrected chi connectivity index (χ0v) is 31.4. The number of hydrogen-bond acceptors (Lipinski definition) is 6. The van der Waals surface area contributed by atoms with Crippen molar-refractivity contribution in [3.63, 3.8) is 0 Å². The highest BCUT2D eigenvalue weighted by molar-refractivity contribution is 5.97. The summed E-state index contributed by atoms with van der Waals surface area (Å²) in [5, 5.41) is 15.2. The van der Waals surface area contributed by atoms with Crippen molar-refractivity contribution in [1.29, 1.82) is 0 Å². The van der Waals surface area contributed by atoms with E-state index in [1.165, 1.54) is 6.42 Å². The van der Waals surface area contributed by atoms with Crippen molar-refractivity contribution in [3.8, 4) is 0 Å². The highest BCUT2D eigenvalue weighted by atomic mass is 16.5. The van der Waals surface area contributed by atoms with E-state index in [-0.39, 0.29) is 71.0 Å². The minimum absolute atomic E-state index is 0.0251. The minimum atomic E-state index is -0.762. The molecular weight excluding hydrogens is 644 g/mol. The van der Waals surface area contributed by atoms with Crippen molar-refractivity contribution in [2.75, 3.05) is 26.2 Å². The van der Waals surface area contributed by atoms with Crippen LogP contribution in [0, 0.1) is 29.1 Å². The van der Waals surface area contributed by atoms with E-state index in [1.54, 1.807) is 17.1 Å². The van der Waals surface area contributed by atoms with Gasteiger partial charge in [-0.1, -0.05) is 71.1 Å². The van der Waals surface area contributed by atoms with Crippen LogP contribution in [0.15, 0.2) is 49.9 Å². The Bertz CT molecular complexity index is 1290. The number of likely N-dealkylation sites (tertiary alicyclic amines) is 1. The van der Waals surface area contributed by atoms with Gasteiger partial charge < -0.3 is 36.2 Å². The number of nitrogens with one attached hydrogen (secondary N) is 5. The Morgan fingerprint density at radius 3 is 2.14 bits per heavy atom. The van der Waals surface area contributed by atoms with Crippen LogP contribution in [0.25, 0.3) is 0 Å². The molecule has 0 aromatic rings. The van der Waals surface area contributed by atoms with Crippen LogP contribution in [0.4, 0.5) is 4.79 Å². The van der Waals surface area contributed by atoms with E-state index in [0.29, 0.717) is 38.4 Å².